The van der Waals surface area contributed by atoms with Gasteiger partial charge in [-0.15, -0.1) is 12.4 Å². The summed E-state index contributed by atoms with van der Waals surface area (Å²) in [7, 11) is 1.62. The average molecular weight is 246 g/mol. The van der Waals surface area contributed by atoms with E-state index in [9.17, 15) is 5.11 Å². The molecular weight excluding hydrogens is 226 g/mol. The highest BCUT2D eigenvalue weighted by atomic mass is 35.5. The Balaban J connectivity index is 0.00000225. The summed E-state index contributed by atoms with van der Waals surface area (Å²) in [6.45, 7) is 3.92. The number of methoxy groups -OCH3 is 1. The van der Waals surface area contributed by atoms with E-state index in [1.54, 1.807) is 7.11 Å². The number of hydrogen-bond acceptors (Lipinski definition) is 3. The molecule has 0 radical (unpaired) electrons. The first-order valence-corrected chi connectivity index (χ1v) is 5.02. The molecule has 0 bridgehead atoms. The summed E-state index contributed by atoms with van der Waals surface area (Å²) in [4.78, 5) is 0. The molecule has 4 heteroatoms. The Morgan fingerprint density at radius 2 is 1.94 bits per heavy atom. The molecule has 0 spiro atoms. The Bertz CT molecular complexity index is 329. The third-order valence-electron chi connectivity index (χ3n) is 2.72. The van der Waals surface area contributed by atoms with Gasteiger partial charge in [-0.05, 0) is 6.07 Å². The largest absolute Gasteiger partial charge is 0.496 e. The molecule has 1 aromatic carbocycles. The Hall–Kier alpha value is -0.770. The lowest BCUT2D eigenvalue weighted by atomic mass is 9.81. The molecule has 1 rings (SSSR count). The van der Waals surface area contributed by atoms with E-state index < -0.39 is 0 Å². The normalized spacial score (nSPS) is 12.8. The highest BCUT2D eigenvalue weighted by Gasteiger charge is 2.28. The van der Waals surface area contributed by atoms with Crippen molar-refractivity contribution < 1.29 is 9.84 Å². The highest BCUT2D eigenvalue weighted by molar-refractivity contribution is 5.85. The molecule has 16 heavy (non-hydrogen) atoms. The van der Waals surface area contributed by atoms with Crippen molar-refractivity contribution in [2.45, 2.75) is 19.9 Å². The van der Waals surface area contributed by atoms with Gasteiger partial charge in [0.25, 0.3) is 0 Å². The third-order valence-corrected chi connectivity index (χ3v) is 2.72. The van der Waals surface area contributed by atoms with Crippen LogP contribution in [0.4, 0.5) is 0 Å². The maximum Gasteiger partial charge on any atom is 0.123 e. The number of rotatable bonds is 4. The smallest absolute Gasteiger partial charge is 0.123 e. The van der Waals surface area contributed by atoms with E-state index in [0.717, 1.165) is 11.3 Å². The molecule has 0 saturated heterocycles. The van der Waals surface area contributed by atoms with Crippen molar-refractivity contribution in [2.75, 3.05) is 13.7 Å². The van der Waals surface area contributed by atoms with Crippen LogP contribution in [0.3, 0.4) is 0 Å². The van der Waals surface area contributed by atoms with Gasteiger partial charge in [0, 0.05) is 23.6 Å². The first kappa shape index (κ1) is 15.2. The van der Waals surface area contributed by atoms with Crippen LogP contribution >= 0.6 is 12.4 Å². The molecule has 3 N–H and O–H groups in total. The average Bonchev–Trinajstić information content (AvgIpc) is 2.28. The molecule has 0 amide bonds. The van der Waals surface area contributed by atoms with Gasteiger partial charge in [0.1, 0.15) is 5.75 Å². The zero-order valence-corrected chi connectivity index (χ0v) is 10.8. The fourth-order valence-electron chi connectivity index (χ4n) is 1.44. The molecule has 0 aliphatic heterocycles. The van der Waals surface area contributed by atoms with E-state index in [-0.39, 0.29) is 30.5 Å². The Morgan fingerprint density at radius 3 is 2.44 bits per heavy atom. The summed E-state index contributed by atoms with van der Waals surface area (Å²) in [5.74, 6) is 0.770. The van der Waals surface area contributed by atoms with Gasteiger partial charge < -0.3 is 15.6 Å². The molecule has 1 atom stereocenters. The summed E-state index contributed by atoms with van der Waals surface area (Å²) >= 11 is 0. The molecule has 1 aromatic rings. The van der Waals surface area contributed by atoms with E-state index in [0.29, 0.717) is 0 Å². The Kier molecular flexibility index (Phi) is 5.79. The lowest BCUT2D eigenvalue weighted by molar-refractivity contribution is 0.131. The second-order valence-corrected chi connectivity index (χ2v) is 4.37. The summed E-state index contributed by atoms with van der Waals surface area (Å²) in [6, 6.07) is 7.40. The van der Waals surface area contributed by atoms with E-state index in [2.05, 4.69) is 0 Å². The zero-order valence-electron chi connectivity index (χ0n) is 9.93. The monoisotopic (exact) mass is 245 g/mol. The van der Waals surface area contributed by atoms with Crippen molar-refractivity contribution in [2.24, 2.45) is 11.1 Å². The number of halogens is 1. The number of benzene rings is 1. The standard InChI is InChI=1S/C12H19NO2.ClH/c1-12(2,8-14)11(13)9-6-4-5-7-10(9)15-3;/h4-7,11,14H,8,13H2,1-3H3;1H/t11-;/m0./s1. The van der Waals surface area contributed by atoms with E-state index in [1.165, 1.54) is 0 Å². The van der Waals surface area contributed by atoms with Gasteiger partial charge in [-0.1, -0.05) is 32.0 Å². The fourth-order valence-corrected chi connectivity index (χ4v) is 1.44. The first-order valence-electron chi connectivity index (χ1n) is 5.02. The maximum absolute atomic E-state index is 9.27. The number of aliphatic hydroxyl groups is 1. The second-order valence-electron chi connectivity index (χ2n) is 4.37. The number of nitrogens with two attached hydrogens (primary N) is 1. The second kappa shape index (κ2) is 6.09. The molecule has 0 fully saturated rings. The number of aliphatic hydroxyl groups excluding tert-OH is 1. The van der Waals surface area contributed by atoms with Crippen LogP contribution in [-0.4, -0.2) is 18.8 Å². The van der Waals surface area contributed by atoms with Gasteiger partial charge in [-0.25, -0.2) is 0 Å². The van der Waals surface area contributed by atoms with Crippen LogP contribution in [0.2, 0.25) is 0 Å². The molecule has 92 valence electrons. The lowest BCUT2D eigenvalue weighted by Gasteiger charge is -2.30. The van der Waals surface area contributed by atoms with Crippen LogP contribution in [0.15, 0.2) is 24.3 Å². The number of para-hydroxylation sites is 1. The number of hydrogen-bond donors (Lipinski definition) is 2. The number of ether oxygens (including phenoxy) is 1. The fraction of sp³-hybridized carbons (Fsp3) is 0.500. The SMILES string of the molecule is COc1ccccc1[C@H](N)C(C)(C)CO.Cl. The van der Waals surface area contributed by atoms with Gasteiger partial charge in [0.2, 0.25) is 0 Å². The summed E-state index contributed by atoms with van der Waals surface area (Å²) in [5, 5.41) is 9.27. The highest BCUT2D eigenvalue weighted by Crippen LogP contribution is 2.35. The van der Waals surface area contributed by atoms with Crippen LogP contribution in [-0.2, 0) is 0 Å². The summed E-state index contributed by atoms with van der Waals surface area (Å²) < 4.78 is 5.24. The first-order chi connectivity index (χ1) is 7.03. The van der Waals surface area contributed by atoms with Gasteiger partial charge in [-0.2, -0.15) is 0 Å². The molecule has 0 aliphatic carbocycles. The van der Waals surface area contributed by atoms with Crippen molar-refractivity contribution in [3.63, 3.8) is 0 Å². The lowest BCUT2D eigenvalue weighted by Crippen LogP contribution is -2.32. The van der Waals surface area contributed by atoms with Crippen molar-refractivity contribution >= 4 is 12.4 Å². The molecule has 0 saturated carbocycles. The summed E-state index contributed by atoms with van der Waals surface area (Å²) in [6.07, 6.45) is 0. The van der Waals surface area contributed by atoms with Crippen molar-refractivity contribution in [1.29, 1.82) is 0 Å². The molecular formula is C12H20ClNO2. The quantitative estimate of drug-likeness (QED) is 0.855. The van der Waals surface area contributed by atoms with Crippen LogP contribution in [0.5, 0.6) is 5.75 Å². The maximum atomic E-state index is 9.27. The topological polar surface area (TPSA) is 55.5 Å². The summed E-state index contributed by atoms with van der Waals surface area (Å²) in [5.41, 5.74) is 6.70. The van der Waals surface area contributed by atoms with Crippen molar-refractivity contribution in [1.82, 2.24) is 0 Å². The van der Waals surface area contributed by atoms with Gasteiger partial charge in [0.05, 0.1) is 7.11 Å². The molecule has 3 nitrogen and oxygen atoms in total. The molecule has 0 aliphatic rings. The minimum atomic E-state index is -0.353. The van der Waals surface area contributed by atoms with Crippen LogP contribution in [0, 0.1) is 5.41 Å². The Morgan fingerprint density at radius 1 is 1.38 bits per heavy atom. The van der Waals surface area contributed by atoms with Crippen molar-refractivity contribution in [3.8, 4) is 5.75 Å². The van der Waals surface area contributed by atoms with Gasteiger partial charge in [-0.3, -0.25) is 0 Å². The minimum Gasteiger partial charge on any atom is -0.496 e. The third kappa shape index (κ3) is 3.11. The van der Waals surface area contributed by atoms with Crippen LogP contribution < -0.4 is 10.5 Å². The molecule has 0 heterocycles. The zero-order chi connectivity index (χ0) is 11.5. The predicted molar refractivity (Wildman–Crippen MR) is 68.0 cm³/mol. The van der Waals surface area contributed by atoms with E-state index >= 15 is 0 Å². The van der Waals surface area contributed by atoms with E-state index in [4.69, 9.17) is 10.5 Å². The predicted octanol–water partition coefficient (Wildman–Crippen LogP) is 2.14. The molecule has 0 unspecified atom stereocenters. The van der Waals surface area contributed by atoms with Crippen molar-refractivity contribution in [3.05, 3.63) is 29.8 Å². The van der Waals surface area contributed by atoms with Crippen LogP contribution in [0.25, 0.3) is 0 Å². The molecule has 0 aromatic heterocycles. The van der Waals surface area contributed by atoms with E-state index in [1.807, 2.05) is 38.1 Å². The van der Waals surface area contributed by atoms with Gasteiger partial charge >= 0.3 is 0 Å². The van der Waals surface area contributed by atoms with Crippen LogP contribution in [0.1, 0.15) is 25.5 Å². The Labute approximate surface area is 103 Å². The van der Waals surface area contributed by atoms with Gasteiger partial charge in [0.15, 0.2) is 0 Å². The minimum absolute atomic E-state index is 0.